The number of hydrogen-bond donors (Lipinski definition) is 0. The van der Waals surface area contributed by atoms with Crippen molar-refractivity contribution in [1.82, 2.24) is 9.97 Å². The Hall–Kier alpha value is -7.44. The number of anilines is 5. The van der Waals surface area contributed by atoms with Crippen molar-refractivity contribution >= 4 is 94.5 Å². The molecule has 0 amide bonds. The van der Waals surface area contributed by atoms with Crippen molar-refractivity contribution in [1.29, 1.82) is 0 Å². The van der Waals surface area contributed by atoms with Gasteiger partial charge in [0.25, 0.3) is 0 Å². The van der Waals surface area contributed by atoms with E-state index >= 15 is 0 Å². The van der Waals surface area contributed by atoms with Crippen molar-refractivity contribution in [3.63, 3.8) is 0 Å². The van der Waals surface area contributed by atoms with Crippen molar-refractivity contribution in [3.8, 4) is 0 Å². The Kier molecular flexibility index (Phi) is 8.71. The fourth-order valence-corrected chi connectivity index (χ4v) is 10.5. The number of nitrogens with zero attached hydrogens (tertiary/aromatic N) is 4. The molecule has 64 heavy (non-hydrogen) atoms. The highest BCUT2D eigenvalue weighted by Crippen LogP contribution is 2.53. The molecule has 312 valence electrons. The summed E-state index contributed by atoms with van der Waals surface area (Å²) in [5, 5.41) is 6.87. The second kappa shape index (κ2) is 14.6. The molecule has 1 unspecified atom stereocenters. The lowest BCUT2D eigenvalue weighted by molar-refractivity contribution is 0.667. The van der Waals surface area contributed by atoms with Crippen molar-refractivity contribution in [2.24, 2.45) is 5.92 Å². The molecule has 12 rings (SSSR count). The van der Waals surface area contributed by atoms with Crippen LogP contribution in [0, 0.1) is 19.8 Å². The van der Waals surface area contributed by atoms with E-state index in [1.165, 1.54) is 44.2 Å². The van der Waals surface area contributed by atoms with E-state index in [9.17, 15) is 0 Å². The highest BCUT2D eigenvalue weighted by atomic mass is 16.3. The molecule has 1 atom stereocenters. The summed E-state index contributed by atoms with van der Waals surface area (Å²) in [7, 11) is 0. The first-order chi connectivity index (χ1) is 31.2. The lowest BCUT2D eigenvalue weighted by Crippen LogP contribution is -2.35. The first-order valence-electron chi connectivity index (χ1n) is 22.5. The molecule has 0 saturated carbocycles. The quantitative estimate of drug-likeness (QED) is 0.152. The van der Waals surface area contributed by atoms with E-state index in [-0.39, 0.29) is 17.9 Å². The molecule has 0 N–H and O–H groups in total. The number of benzene rings is 6. The average Bonchev–Trinajstić information content (AvgIpc) is 3.89. The van der Waals surface area contributed by atoms with Crippen LogP contribution < -0.4 is 9.80 Å². The van der Waals surface area contributed by atoms with Crippen LogP contribution in [-0.2, 0) is 6.42 Å². The highest BCUT2D eigenvalue weighted by molar-refractivity contribution is 6.16. The number of rotatable bonds is 8. The lowest BCUT2D eigenvalue weighted by Gasteiger charge is -2.40. The minimum atomic E-state index is -0.178. The van der Waals surface area contributed by atoms with Gasteiger partial charge in [-0.25, -0.2) is 9.97 Å². The summed E-state index contributed by atoms with van der Waals surface area (Å²) in [6, 6.07) is 45.3. The van der Waals surface area contributed by atoms with Gasteiger partial charge in [-0.2, -0.15) is 0 Å². The summed E-state index contributed by atoms with van der Waals surface area (Å²) >= 11 is 0. The van der Waals surface area contributed by atoms with Gasteiger partial charge in [0.1, 0.15) is 22.8 Å². The zero-order valence-electron chi connectivity index (χ0n) is 37.0. The Morgan fingerprint density at radius 2 is 1.19 bits per heavy atom. The highest BCUT2D eigenvalue weighted by Gasteiger charge is 2.37. The molecule has 0 fully saturated rings. The van der Waals surface area contributed by atoms with Crippen LogP contribution in [0.15, 0.2) is 161 Å². The minimum absolute atomic E-state index is 0.178. The largest absolute Gasteiger partial charge is 0.454 e. The fraction of sp³-hybridized carbons (Fsp3) is 0.172. The molecule has 6 heteroatoms. The van der Waals surface area contributed by atoms with E-state index in [2.05, 4.69) is 179 Å². The van der Waals surface area contributed by atoms with Gasteiger partial charge in [-0.05, 0) is 124 Å². The molecule has 6 nitrogen and oxygen atoms in total. The number of para-hydroxylation sites is 4. The molecular weight excluding hydrogens is 785 g/mol. The van der Waals surface area contributed by atoms with E-state index in [1.807, 2.05) is 24.5 Å². The molecule has 10 aromatic rings. The van der Waals surface area contributed by atoms with Gasteiger partial charge in [0.15, 0.2) is 11.2 Å². The maximum atomic E-state index is 6.79. The van der Waals surface area contributed by atoms with Gasteiger partial charge < -0.3 is 13.7 Å². The van der Waals surface area contributed by atoms with Crippen LogP contribution in [0.2, 0.25) is 0 Å². The smallest absolute Gasteiger partial charge is 0.159 e. The first kappa shape index (κ1) is 38.3. The van der Waals surface area contributed by atoms with E-state index in [4.69, 9.17) is 18.8 Å². The third-order valence-corrected chi connectivity index (χ3v) is 13.5. The maximum Gasteiger partial charge on any atom is 0.159 e. The monoisotopic (exact) mass is 832 g/mol. The van der Waals surface area contributed by atoms with Crippen LogP contribution in [0.1, 0.15) is 67.0 Å². The Labute approximate surface area is 372 Å². The number of fused-ring (bicyclic) bond motifs is 6. The van der Waals surface area contributed by atoms with E-state index in [0.717, 1.165) is 90.1 Å². The number of hydrogen-bond acceptors (Lipinski definition) is 6. The fourth-order valence-electron chi connectivity index (χ4n) is 10.5. The molecule has 4 heterocycles. The third kappa shape index (κ3) is 5.78. The molecule has 0 aliphatic heterocycles. The lowest BCUT2D eigenvalue weighted by atomic mass is 9.72. The SMILES string of the molecule is Cc1ccc(N(c2cc(C(C)C)c3c4c5c(ccc24)C(C(C)C)=CC(N(c2ccc(C)cn2)c2cccc4c2oc2ccccc24)C5=CC3)c2cccc3c2oc2ccccc23)nc1. The number of pyridine rings is 2. The van der Waals surface area contributed by atoms with Crippen molar-refractivity contribution in [2.75, 3.05) is 9.80 Å². The van der Waals surface area contributed by atoms with Gasteiger partial charge in [0, 0.05) is 39.3 Å². The first-order valence-corrected chi connectivity index (χ1v) is 22.5. The van der Waals surface area contributed by atoms with Crippen LogP contribution >= 0.6 is 0 Å². The van der Waals surface area contributed by atoms with Crippen molar-refractivity contribution in [3.05, 3.63) is 185 Å². The van der Waals surface area contributed by atoms with Gasteiger partial charge in [-0.3, -0.25) is 4.90 Å². The standard InChI is InChI=1S/C58H48N4O2/c1-33(2)45-29-49(61(53-27-21-35(5)31-59-53)47-17-11-15-41-37-13-7-9-19-51(37)63-57(41)47)43-26-24-40-46(34(3)4)30-50(44-25-23-39(45)55(43)56(40)44)62(54-28-22-36(6)32-60-54)48-18-12-16-42-38-14-8-10-20-52(38)64-58(42)48/h7-23,25-34,49H,24H2,1-6H3. The molecule has 0 spiro atoms. The second-order valence-corrected chi connectivity index (χ2v) is 18.2. The number of aryl methyl sites for hydroxylation is 2. The Morgan fingerprint density at radius 1 is 0.578 bits per heavy atom. The predicted octanol–water partition coefficient (Wildman–Crippen LogP) is 15.8. The number of furan rings is 2. The average molecular weight is 833 g/mol. The molecule has 4 aromatic heterocycles. The van der Waals surface area contributed by atoms with Gasteiger partial charge in [-0.15, -0.1) is 0 Å². The zero-order valence-corrected chi connectivity index (χ0v) is 37.0. The van der Waals surface area contributed by atoms with Crippen LogP contribution in [0.3, 0.4) is 0 Å². The summed E-state index contributed by atoms with van der Waals surface area (Å²) in [6.07, 6.45) is 9.75. The minimum Gasteiger partial charge on any atom is -0.454 e. The molecule has 0 saturated heterocycles. The van der Waals surface area contributed by atoms with Crippen LogP contribution in [-0.4, -0.2) is 16.0 Å². The summed E-state index contributed by atoms with van der Waals surface area (Å²) in [5.41, 5.74) is 16.6. The van der Waals surface area contributed by atoms with Gasteiger partial charge >= 0.3 is 0 Å². The summed E-state index contributed by atoms with van der Waals surface area (Å²) < 4.78 is 13.6. The molecule has 0 radical (unpaired) electrons. The van der Waals surface area contributed by atoms with Crippen LogP contribution in [0.25, 0.3) is 65.8 Å². The van der Waals surface area contributed by atoms with Crippen molar-refractivity contribution in [2.45, 2.75) is 59.9 Å². The topological polar surface area (TPSA) is 58.5 Å². The van der Waals surface area contributed by atoms with E-state index < -0.39 is 0 Å². The number of aromatic nitrogens is 2. The van der Waals surface area contributed by atoms with E-state index in [0.29, 0.717) is 0 Å². The van der Waals surface area contributed by atoms with Crippen LogP contribution in [0.4, 0.5) is 28.7 Å². The summed E-state index contributed by atoms with van der Waals surface area (Å²) in [6.45, 7) is 13.5. The van der Waals surface area contributed by atoms with E-state index in [1.54, 1.807) is 0 Å². The molecule has 2 aliphatic rings. The molecule has 0 bridgehead atoms. The Balaban J connectivity index is 1.14. The molecule has 6 aromatic carbocycles. The summed E-state index contributed by atoms with van der Waals surface area (Å²) in [5.74, 6) is 2.23. The van der Waals surface area contributed by atoms with Crippen molar-refractivity contribution < 1.29 is 8.83 Å². The maximum absolute atomic E-state index is 6.79. The normalized spacial score (nSPS) is 14.7. The zero-order chi connectivity index (χ0) is 43.4. The van der Waals surface area contributed by atoms with Gasteiger partial charge in [0.2, 0.25) is 0 Å². The van der Waals surface area contributed by atoms with Gasteiger partial charge in [0.05, 0.1) is 23.1 Å². The summed E-state index contributed by atoms with van der Waals surface area (Å²) in [4.78, 5) is 15.1. The van der Waals surface area contributed by atoms with Gasteiger partial charge in [-0.1, -0.05) is 125 Å². The third-order valence-electron chi connectivity index (χ3n) is 13.5. The molecule has 2 aliphatic carbocycles. The number of allylic oxidation sites excluding steroid dienone is 2. The van der Waals surface area contributed by atoms with Crippen LogP contribution in [0.5, 0.6) is 0 Å². The Bertz CT molecular complexity index is 3570. The Morgan fingerprint density at radius 3 is 1.81 bits per heavy atom. The second-order valence-electron chi connectivity index (χ2n) is 18.2. The molecular formula is C58H48N4O2. The predicted molar refractivity (Wildman–Crippen MR) is 266 cm³/mol.